The molecule has 0 aromatic heterocycles. The Bertz CT molecular complexity index is 975. The molecule has 0 aromatic rings. The van der Waals surface area contributed by atoms with Crippen molar-refractivity contribution in [1.82, 2.24) is 0 Å². The molecule has 1 unspecified atom stereocenters. The number of carbonyl (C=O) groups is 2. The van der Waals surface area contributed by atoms with Gasteiger partial charge in [0, 0.05) is 12.8 Å². The molecule has 0 saturated carbocycles. The number of unbranched alkanes of at least 4 members (excludes halogenated alkanes) is 16. The fourth-order valence-corrected chi connectivity index (χ4v) is 5.93. The van der Waals surface area contributed by atoms with Gasteiger partial charge in [0.2, 0.25) is 0 Å². The number of carbonyl (C=O) groups excluding carboxylic acids is 2. The zero-order chi connectivity index (χ0) is 37.9. The molecule has 0 radical (unpaired) electrons. The number of phosphoric acid groups is 1. The van der Waals surface area contributed by atoms with Crippen molar-refractivity contribution in [3.8, 4) is 0 Å². The predicted octanol–water partition coefficient (Wildman–Crippen LogP) is 10.3. The largest absolute Gasteiger partial charge is 0.756 e. The summed E-state index contributed by atoms with van der Waals surface area (Å²) in [5.41, 5.74) is 0. The van der Waals surface area contributed by atoms with Crippen LogP contribution in [0.25, 0.3) is 0 Å². The van der Waals surface area contributed by atoms with Gasteiger partial charge in [0.1, 0.15) is 19.8 Å². The topological polar surface area (TPSA) is 111 Å². The van der Waals surface area contributed by atoms with E-state index in [0.717, 1.165) is 38.5 Å². The van der Waals surface area contributed by atoms with Crippen LogP contribution in [0.4, 0.5) is 0 Å². The normalized spacial score (nSPS) is 14.1. The van der Waals surface area contributed by atoms with E-state index in [4.69, 9.17) is 18.5 Å². The lowest BCUT2D eigenvalue weighted by Gasteiger charge is -2.28. The molecule has 0 spiro atoms. The lowest BCUT2D eigenvalue weighted by atomic mass is 10.0. The van der Waals surface area contributed by atoms with E-state index in [9.17, 15) is 19.0 Å². The van der Waals surface area contributed by atoms with Gasteiger partial charge in [0.15, 0.2) is 6.10 Å². The standard InChI is InChI=1S/C41H76NO8P/c1-6-8-10-12-14-16-18-20-22-24-26-28-30-32-34-41(44)50-39(38-49-51(45,46)48-36-35-42(3,4)5)37-47-40(43)33-31-29-27-25-23-21-19-17-15-13-11-9-7-2/h14,16,20,22,26,28,39H,6-13,15,17-19,21,23-25,27,29-38H2,1-5H3/b16-14+,22-20+,28-26+/t39-/m1/s1. The van der Waals surface area contributed by atoms with Crippen LogP contribution in [0.5, 0.6) is 0 Å². The number of phosphoric ester groups is 1. The number of esters is 2. The first kappa shape index (κ1) is 49.2. The molecule has 0 heterocycles. The number of quaternary nitrogens is 1. The maximum Gasteiger partial charge on any atom is 0.306 e. The third kappa shape index (κ3) is 37.8. The first-order valence-corrected chi connectivity index (χ1v) is 21.7. The summed E-state index contributed by atoms with van der Waals surface area (Å²) in [4.78, 5) is 37.3. The molecule has 0 aliphatic heterocycles. The molecule has 0 aliphatic carbocycles. The van der Waals surface area contributed by atoms with Crippen LogP contribution in [0.1, 0.15) is 162 Å². The molecule has 298 valence electrons. The molecule has 51 heavy (non-hydrogen) atoms. The van der Waals surface area contributed by atoms with Crippen LogP contribution in [0, 0.1) is 0 Å². The predicted molar refractivity (Wildman–Crippen MR) is 208 cm³/mol. The molecule has 2 atom stereocenters. The Balaban J connectivity index is 4.50. The summed E-state index contributed by atoms with van der Waals surface area (Å²) in [6.45, 7) is 4.12. The van der Waals surface area contributed by atoms with Crippen LogP contribution >= 0.6 is 7.82 Å². The van der Waals surface area contributed by atoms with E-state index in [-0.39, 0.29) is 26.1 Å². The molecule has 0 aliphatic rings. The molecule has 10 heteroatoms. The number of rotatable bonds is 36. The Labute approximate surface area is 312 Å². The monoisotopic (exact) mass is 742 g/mol. The molecule has 0 fully saturated rings. The molecule has 0 aromatic carbocycles. The number of hydrogen-bond acceptors (Lipinski definition) is 8. The maximum atomic E-state index is 12.6. The van der Waals surface area contributed by atoms with Gasteiger partial charge in [-0.2, -0.15) is 0 Å². The summed E-state index contributed by atoms with van der Waals surface area (Å²) in [6.07, 6.45) is 36.0. The summed E-state index contributed by atoms with van der Waals surface area (Å²) in [5.74, 6) is -0.896. The first-order chi connectivity index (χ1) is 24.5. The van der Waals surface area contributed by atoms with Gasteiger partial charge >= 0.3 is 11.9 Å². The quantitative estimate of drug-likeness (QED) is 0.0205. The molecule has 0 amide bonds. The molecular formula is C41H76NO8P. The zero-order valence-electron chi connectivity index (χ0n) is 33.3. The Hall–Kier alpha value is -1.77. The number of likely N-dealkylation sites (N-methyl/N-ethyl adjacent to an activating group) is 1. The number of nitrogens with zero attached hydrogens (tertiary/aromatic N) is 1. The third-order valence-electron chi connectivity index (χ3n) is 8.41. The Morgan fingerprint density at radius 1 is 0.608 bits per heavy atom. The highest BCUT2D eigenvalue weighted by Gasteiger charge is 2.21. The zero-order valence-corrected chi connectivity index (χ0v) is 34.2. The first-order valence-electron chi connectivity index (χ1n) is 20.2. The van der Waals surface area contributed by atoms with E-state index in [0.29, 0.717) is 23.9 Å². The highest BCUT2D eigenvalue weighted by molar-refractivity contribution is 7.45. The minimum atomic E-state index is -4.63. The second-order valence-electron chi connectivity index (χ2n) is 14.7. The maximum absolute atomic E-state index is 12.6. The molecule has 0 rings (SSSR count). The minimum Gasteiger partial charge on any atom is -0.756 e. The second kappa shape index (κ2) is 34.0. The minimum absolute atomic E-state index is 0.0394. The van der Waals surface area contributed by atoms with Crippen molar-refractivity contribution in [3.05, 3.63) is 36.5 Å². The van der Waals surface area contributed by atoms with Crippen molar-refractivity contribution in [3.63, 3.8) is 0 Å². The van der Waals surface area contributed by atoms with Gasteiger partial charge < -0.3 is 27.9 Å². The highest BCUT2D eigenvalue weighted by atomic mass is 31.2. The van der Waals surface area contributed by atoms with Gasteiger partial charge in [0.25, 0.3) is 7.82 Å². The Morgan fingerprint density at radius 2 is 1.08 bits per heavy atom. The van der Waals surface area contributed by atoms with Gasteiger partial charge in [-0.25, -0.2) is 0 Å². The van der Waals surface area contributed by atoms with Gasteiger partial charge in [-0.3, -0.25) is 14.2 Å². The van der Waals surface area contributed by atoms with Gasteiger partial charge in [0.05, 0.1) is 27.7 Å². The van der Waals surface area contributed by atoms with Crippen LogP contribution < -0.4 is 4.89 Å². The summed E-state index contributed by atoms with van der Waals surface area (Å²) < 4.78 is 33.7. The highest BCUT2D eigenvalue weighted by Crippen LogP contribution is 2.38. The van der Waals surface area contributed by atoms with Crippen molar-refractivity contribution in [2.75, 3.05) is 47.5 Å². The lowest BCUT2D eigenvalue weighted by Crippen LogP contribution is -2.37. The second-order valence-corrected chi connectivity index (χ2v) is 16.1. The summed E-state index contributed by atoms with van der Waals surface area (Å²) in [5, 5.41) is 0. The molecule has 0 N–H and O–H groups in total. The molecular weight excluding hydrogens is 665 g/mol. The fourth-order valence-electron chi connectivity index (χ4n) is 5.20. The van der Waals surface area contributed by atoms with Crippen LogP contribution in [-0.4, -0.2) is 70.0 Å². The van der Waals surface area contributed by atoms with E-state index in [1.165, 1.54) is 83.5 Å². The fraction of sp³-hybridized carbons (Fsp3) is 0.805. The third-order valence-corrected chi connectivity index (χ3v) is 9.38. The van der Waals surface area contributed by atoms with E-state index in [1.54, 1.807) is 0 Å². The van der Waals surface area contributed by atoms with E-state index in [1.807, 2.05) is 27.2 Å². The van der Waals surface area contributed by atoms with Crippen LogP contribution in [0.15, 0.2) is 36.5 Å². The lowest BCUT2D eigenvalue weighted by molar-refractivity contribution is -0.870. The van der Waals surface area contributed by atoms with E-state index in [2.05, 4.69) is 44.2 Å². The van der Waals surface area contributed by atoms with E-state index < -0.39 is 32.5 Å². The SMILES string of the molecule is CCCCC/C=C/C/C=C/C/C=C/CCCC(=O)O[C@H](COC(=O)CCCCCCCCCCCCCCC)COP(=O)([O-])OCC[N+](C)(C)C. The van der Waals surface area contributed by atoms with Gasteiger partial charge in [-0.1, -0.05) is 140 Å². The summed E-state index contributed by atoms with van der Waals surface area (Å²) >= 11 is 0. The average Bonchev–Trinajstić information content (AvgIpc) is 3.07. The van der Waals surface area contributed by atoms with E-state index >= 15 is 0 Å². The average molecular weight is 742 g/mol. The van der Waals surface area contributed by atoms with Crippen molar-refractivity contribution < 1.29 is 42.1 Å². The van der Waals surface area contributed by atoms with Crippen molar-refractivity contribution in [1.29, 1.82) is 0 Å². The van der Waals surface area contributed by atoms with Crippen molar-refractivity contribution in [2.45, 2.75) is 168 Å². The van der Waals surface area contributed by atoms with Crippen LogP contribution in [0.3, 0.4) is 0 Å². The number of hydrogen-bond donors (Lipinski definition) is 0. The molecule has 0 bridgehead atoms. The van der Waals surface area contributed by atoms with Crippen molar-refractivity contribution >= 4 is 19.8 Å². The summed E-state index contributed by atoms with van der Waals surface area (Å²) in [7, 11) is 1.13. The van der Waals surface area contributed by atoms with Crippen LogP contribution in [-0.2, 0) is 32.7 Å². The summed E-state index contributed by atoms with van der Waals surface area (Å²) in [6, 6.07) is 0. The number of allylic oxidation sites excluding steroid dienone is 6. The van der Waals surface area contributed by atoms with Crippen LogP contribution in [0.2, 0.25) is 0 Å². The number of ether oxygens (including phenoxy) is 2. The van der Waals surface area contributed by atoms with Gasteiger partial charge in [-0.15, -0.1) is 0 Å². The van der Waals surface area contributed by atoms with Crippen molar-refractivity contribution in [2.24, 2.45) is 0 Å². The molecule has 0 saturated heterocycles. The molecule has 9 nitrogen and oxygen atoms in total. The smallest absolute Gasteiger partial charge is 0.306 e. The Kier molecular flexibility index (Phi) is 32.8. The van der Waals surface area contributed by atoms with Gasteiger partial charge in [-0.05, 0) is 44.9 Å². The Morgan fingerprint density at radius 3 is 1.63 bits per heavy atom.